The zero-order chi connectivity index (χ0) is 8.97. The first-order valence-electron chi connectivity index (χ1n) is 4.11. The molecule has 64 valence electrons. The quantitative estimate of drug-likeness (QED) is 0.609. The Kier molecular flexibility index (Phi) is 2.86. The molecule has 0 spiro atoms. The van der Waals surface area contributed by atoms with Crippen molar-refractivity contribution in [1.29, 1.82) is 0 Å². The normalized spacial score (nSPS) is 19.7. The van der Waals surface area contributed by atoms with Crippen LogP contribution in [0.15, 0.2) is 41.4 Å². The summed E-state index contributed by atoms with van der Waals surface area (Å²) in [5, 5.41) is 0. The lowest BCUT2D eigenvalue weighted by molar-refractivity contribution is 0.647. The lowest BCUT2D eigenvalue weighted by atomic mass is 10.3. The molecule has 0 saturated heterocycles. The Morgan fingerprint density at radius 1 is 1.67 bits per heavy atom. The third-order valence-electron chi connectivity index (χ3n) is 1.63. The number of rotatable bonds is 2. The van der Waals surface area contributed by atoms with Crippen LogP contribution in [0.5, 0.6) is 0 Å². The van der Waals surface area contributed by atoms with Crippen molar-refractivity contribution >= 4 is 6.21 Å². The molecule has 0 saturated carbocycles. The van der Waals surface area contributed by atoms with Crippen molar-refractivity contribution in [3.8, 4) is 0 Å². The molecule has 0 aliphatic carbocycles. The van der Waals surface area contributed by atoms with Gasteiger partial charge in [-0.1, -0.05) is 19.6 Å². The molecule has 0 N–H and O–H groups in total. The molecule has 0 aromatic rings. The van der Waals surface area contributed by atoms with Gasteiger partial charge in [0.15, 0.2) is 0 Å². The van der Waals surface area contributed by atoms with Crippen LogP contribution in [0.3, 0.4) is 0 Å². The van der Waals surface area contributed by atoms with Crippen LogP contribution in [-0.4, -0.2) is 11.1 Å². The van der Waals surface area contributed by atoms with Crippen LogP contribution < -0.4 is 0 Å². The van der Waals surface area contributed by atoms with Crippen molar-refractivity contribution in [3.63, 3.8) is 0 Å². The van der Waals surface area contributed by atoms with E-state index in [0.717, 1.165) is 17.8 Å². The molecule has 0 radical (unpaired) electrons. The molecule has 0 aromatic heterocycles. The Hall–Kier alpha value is -1.31. The van der Waals surface area contributed by atoms with E-state index >= 15 is 0 Å². The van der Waals surface area contributed by atoms with Gasteiger partial charge in [-0.25, -0.2) is 0 Å². The van der Waals surface area contributed by atoms with Crippen LogP contribution in [0.2, 0.25) is 0 Å². The van der Waals surface area contributed by atoms with Crippen molar-refractivity contribution in [2.24, 2.45) is 4.99 Å². The zero-order valence-electron chi connectivity index (χ0n) is 7.62. The van der Waals surface area contributed by atoms with Gasteiger partial charge in [0, 0.05) is 12.4 Å². The average Bonchev–Trinajstić information content (AvgIpc) is 2.08. The minimum Gasteiger partial charge on any atom is -0.321 e. The third-order valence-corrected chi connectivity index (χ3v) is 1.63. The van der Waals surface area contributed by atoms with Crippen LogP contribution in [0.4, 0.5) is 0 Å². The number of hydrogen-bond acceptors (Lipinski definition) is 2. The molecule has 0 fully saturated rings. The van der Waals surface area contributed by atoms with Crippen LogP contribution >= 0.6 is 0 Å². The Labute approximate surface area is 73.6 Å². The second-order valence-corrected chi connectivity index (χ2v) is 2.66. The second-order valence-electron chi connectivity index (χ2n) is 2.66. The van der Waals surface area contributed by atoms with Crippen molar-refractivity contribution in [3.05, 3.63) is 36.4 Å². The highest BCUT2D eigenvalue weighted by molar-refractivity contribution is 5.80. The summed E-state index contributed by atoms with van der Waals surface area (Å²) in [7, 11) is 0. The van der Waals surface area contributed by atoms with Gasteiger partial charge in [-0.2, -0.15) is 0 Å². The fourth-order valence-corrected chi connectivity index (χ4v) is 1.07. The van der Waals surface area contributed by atoms with Gasteiger partial charge in [0.05, 0.1) is 17.6 Å². The highest BCUT2D eigenvalue weighted by atomic mass is 15.1. The molecule has 12 heavy (non-hydrogen) atoms. The summed E-state index contributed by atoms with van der Waals surface area (Å²) < 4.78 is 0. The molecule has 1 rings (SSSR count). The number of nitrogens with zero attached hydrogens (tertiary/aromatic N) is 2. The van der Waals surface area contributed by atoms with E-state index in [2.05, 4.69) is 24.6 Å². The van der Waals surface area contributed by atoms with Crippen molar-refractivity contribution in [1.82, 2.24) is 4.90 Å². The molecular formula is C10H14N2. The largest absolute Gasteiger partial charge is 0.321 e. The summed E-state index contributed by atoms with van der Waals surface area (Å²) in [6.45, 7) is 7.80. The molecule has 2 nitrogen and oxygen atoms in total. The van der Waals surface area contributed by atoms with Gasteiger partial charge in [-0.3, -0.25) is 4.99 Å². The summed E-state index contributed by atoms with van der Waals surface area (Å²) in [5.74, 6) is 0. The molecule has 1 aliphatic rings. The summed E-state index contributed by atoms with van der Waals surface area (Å²) in [5.41, 5.74) is 2.10. The van der Waals surface area contributed by atoms with Gasteiger partial charge >= 0.3 is 0 Å². The maximum Gasteiger partial charge on any atom is 0.0593 e. The van der Waals surface area contributed by atoms with E-state index in [9.17, 15) is 0 Å². The SMILES string of the molecule is C=CN1C=C(C)N=C/C1=C/CC. The van der Waals surface area contributed by atoms with E-state index < -0.39 is 0 Å². The molecule has 0 unspecified atom stereocenters. The van der Waals surface area contributed by atoms with Crippen molar-refractivity contribution < 1.29 is 0 Å². The number of allylic oxidation sites excluding steroid dienone is 3. The monoisotopic (exact) mass is 162 g/mol. The minimum atomic E-state index is 1.00. The van der Waals surface area contributed by atoms with E-state index in [1.165, 1.54) is 0 Å². The first-order valence-corrected chi connectivity index (χ1v) is 4.11. The molecular weight excluding hydrogens is 148 g/mol. The van der Waals surface area contributed by atoms with Crippen LogP contribution in [0.1, 0.15) is 20.3 Å². The Morgan fingerprint density at radius 2 is 2.42 bits per heavy atom. The van der Waals surface area contributed by atoms with Gasteiger partial charge in [0.25, 0.3) is 0 Å². The Balaban J connectivity index is 2.87. The van der Waals surface area contributed by atoms with E-state index in [1.807, 2.05) is 24.2 Å². The van der Waals surface area contributed by atoms with Gasteiger partial charge in [0.2, 0.25) is 0 Å². The smallest absolute Gasteiger partial charge is 0.0593 e. The molecule has 2 heteroatoms. The number of aliphatic imine (C=N–C) groups is 1. The second kappa shape index (κ2) is 3.90. The molecule has 1 aliphatic heterocycles. The topological polar surface area (TPSA) is 15.6 Å². The van der Waals surface area contributed by atoms with E-state index in [1.54, 1.807) is 6.20 Å². The number of hydrogen-bond donors (Lipinski definition) is 0. The van der Waals surface area contributed by atoms with Gasteiger partial charge in [-0.05, 0) is 13.3 Å². The zero-order valence-corrected chi connectivity index (χ0v) is 7.62. The summed E-state index contributed by atoms with van der Waals surface area (Å²) in [4.78, 5) is 6.18. The first-order chi connectivity index (χ1) is 5.77. The van der Waals surface area contributed by atoms with E-state index in [0.29, 0.717) is 0 Å². The molecule has 0 atom stereocenters. The maximum absolute atomic E-state index is 4.21. The molecule has 1 heterocycles. The van der Waals surface area contributed by atoms with Crippen LogP contribution in [0.25, 0.3) is 0 Å². The lowest BCUT2D eigenvalue weighted by Crippen LogP contribution is -2.13. The van der Waals surface area contributed by atoms with Gasteiger partial charge in [-0.15, -0.1) is 0 Å². The Bertz CT molecular complexity index is 259. The standard InChI is InChI=1S/C10H14N2/c1-4-6-10-7-11-9(3)8-12(10)5-2/h5-8H,2,4H2,1,3H3/b10-6-. The average molecular weight is 162 g/mol. The van der Waals surface area contributed by atoms with Gasteiger partial charge < -0.3 is 4.90 Å². The summed E-state index contributed by atoms with van der Waals surface area (Å²) in [6.07, 6.45) is 8.75. The maximum atomic E-state index is 4.21. The summed E-state index contributed by atoms with van der Waals surface area (Å²) >= 11 is 0. The highest BCUT2D eigenvalue weighted by Gasteiger charge is 2.04. The predicted octanol–water partition coefficient (Wildman–Crippen LogP) is 2.67. The predicted molar refractivity (Wildman–Crippen MR) is 52.7 cm³/mol. The first kappa shape index (κ1) is 8.78. The fraction of sp³-hybridized carbons (Fsp3) is 0.300. The molecule has 0 bridgehead atoms. The van der Waals surface area contributed by atoms with Gasteiger partial charge in [0.1, 0.15) is 0 Å². The minimum absolute atomic E-state index is 1.00. The summed E-state index contributed by atoms with van der Waals surface area (Å²) in [6, 6.07) is 0. The van der Waals surface area contributed by atoms with E-state index in [4.69, 9.17) is 0 Å². The Morgan fingerprint density at radius 3 is 3.00 bits per heavy atom. The lowest BCUT2D eigenvalue weighted by Gasteiger charge is -2.19. The molecule has 0 amide bonds. The van der Waals surface area contributed by atoms with Crippen LogP contribution in [0, 0.1) is 0 Å². The highest BCUT2D eigenvalue weighted by Crippen LogP contribution is 2.13. The van der Waals surface area contributed by atoms with Crippen molar-refractivity contribution in [2.45, 2.75) is 20.3 Å². The van der Waals surface area contributed by atoms with Crippen molar-refractivity contribution in [2.75, 3.05) is 0 Å². The molecule has 0 aromatic carbocycles. The fourth-order valence-electron chi connectivity index (χ4n) is 1.07. The van der Waals surface area contributed by atoms with Crippen LogP contribution in [-0.2, 0) is 0 Å². The van der Waals surface area contributed by atoms with E-state index in [-0.39, 0.29) is 0 Å². The third kappa shape index (κ3) is 1.84.